The van der Waals surface area contributed by atoms with Crippen LogP contribution >= 0.6 is 7.60 Å². The summed E-state index contributed by atoms with van der Waals surface area (Å²) in [6, 6.07) is 0. The highest BCUT2D eigenvalue weighted by Gasteiger charge is 2.68. The van der Waals surface area contributed by atoms with Crippen molar-refractivity contribution in [1.29, 1.82) is 0 Å². The highest BCUT2D eigenvalue weighted by molar-refractivity contribution is 7.90. The molecule has 0 aromatic carbocycles. The van der Waals surface area contributed by atoms with Gasteiger partial charge in [-0.1, -0.05) is 6.92 Å². The smallest absolute Gasteiger partial charge is 0.324 e. The highest BCUT2D eigenvalue weighted by Crippen LogP contribution is 2.41. The lowest BCUT2D eigenvalue weighted by Gasteiger charge is -2.27. The van der Waals surface area contributed by atoms with Gasteiger partial charge in [0.1, 0.15) is 0 Å². The molecule has 122 valence electrons. The maximum Gasteiger partial charge on any atom is 0.470 e. The van der Waals surface area contributed by atoms with Gasteiger partial charge in [-0.2, -0.15) is 26.3 Å². The Morgan fingerprint density at radius 2 is 1.60 bits per heavy atom. The molecule has 20 heavy (non-hydrogen) atoms. The van der Waals surface area contributed by atoms with Crippen LogP contribution in [0.25, 0.3) is 0 Å². The number of hydrogen-bond donors (Lipinski definition) is 2. The Morgan fingerprint density at radius 1 is 1.15 bits per heavy atom. The van der Waals surface area contributed by atoms with Crippen LogP contribution in [0, 0.1) is 0 Å². The second kappa shape index (κ2) is 6.22. The SMILES string of the molecule is CCN(CCCP(=O)(O)O)S(=O)(=O)C(F)(F)C(F)(F)F. The zero-order valence-electron chi connectivity index (χ0n) is 10.1. The fourth-order valence-corrected chi connectivity index (χ4v) is 3.09. The third-order valence-electron chi connectivity index (χ3n) is 2.20. The van der Waals surface area contributed by atoms with E-state index in [-0.39, 0.29) is 4.31 Å². The predicted molar refractivity (Wildman–Crippen MR) is 58.7 cm³/mol. The zero-order valence-corrected chi connectivity index (χ0v) is 11.9. The summed E-state index contributed by atoms with van der Waals surface area (Å²) in [4.78, 5) is 17.0. The van der Waals surface area contributed by atoms with Gasteiger partial charge in [0.2, 0.25) is 0 Å². The Labute approximate surface area is 111 Å². The van der Waals surface area contributed by atoms with Crippen LogP contribution in [-0.4, -0.2) is 53.2 Å². The number of hydrogen-bond acceptors (Lipinski definition) is 3. The number of nitrogens with zero attached hydrogens (tertiary/aromatic N) is 1. The van der Waals surface area contributed by atoms with Crippen molar-refractivity contribution in [2.45, 2.75) is 24.8 Å². The molecule has 13 heteroatoms. The monoisotopic (exact) mass is 349 g/mol. The van der Waals surface area contributed by atoms with E-state index in [0.717, 1.165) is 6.92 Å². The maximum atomic E-state index is 12.9. The number of halogens is 5. The van der Waals surface area contributed by atoms with E-state index in [0.29, 0.717) is 0 Å². The molecule has 6 nitrogen and oxygen atoms in total. The first-order valence-corrected chi connectivity index (χ1v) is 8.39. The molecular weight excluding hydrogens is 336 g/mol. The van der Waals surface area contributed by atoms with E-state index in [2.05, 4.69) is 0 Å². The summed E-state index contributed by atoms with van der Waals surface area (Å²) >= 11 is 0. The number of sulfonamides is 1. The molecule has 2 N–H and O–H groups in total. The minimum Gasteiger partial charge on any atom is -0.324 e. The Bertz CT molecular complexity index is 472. The van der Waals surface area contributed by atoms with E-state index in [1.807, 2.05) is 0 Å². The van der Waals surface area contributed by atoms with Crippen LogP contribution in [0.15, 0.2) is 0 Å². The van der Waals surface area contributed by atoms with Crippen molar-refractivity contribution in [3.05, 3.63) is 0 Å². The van der Waals surface area contributed by atoms with Crippen LogP contribution < -0.4 is 0 Å². The van der Waals surface area contributed by atoms with Crippen LogP contribution in [0.5, 0.6) is 0 Å². The standard InChI is InChI=1S/C7H13F5NO5PS/c1-2-13(4-3-5-19(14,15)16)20(17,18)7(11,12)6(8,9)10/h2-5H2,1H3,(H2,14,15,16). The predicted octanol–water partition coefficient (Wildman–Crippen LogP) is 1.36. The summed E-state index contributed by atoms with van der Waals surface area (Å²) in [6.45, 7) is -0.508. The second-order valence-electron chi connectivity index (χ2n) is 3.75. The van der Waals surface area contributed by atoms with Gasteiger partial charge in [0.05, 0.1) is 6.16 Å². The Kier molecular flexibility index (Phi) is 6.13. The fraction of sp³-hybridized carbons (Fsp3) is 1.00. The molecule has 0 aliphatic rings. The molecule has 0 spiro atoms. The summed E-state index contributed by atoms with van der Waals surface area (Å²) in [6.07, 6.45) is -7.65. The molecule has 0 amide bonds. The van der Waals surface area contributed by atoms with E-state index >= 15 is 0 Å². The first-order valence-electron chi connectivity index (χ1n) is 5.15. The summed E-state index contributed by atoms with van der Waals surface area (Å²) in [5.74, 6) is 0. The average Bonchev–Trinajstić information content (AvgIpc) is 2.20. The number of alkyl halides is 5. The minimum absolute atomic E-state index is 0.157. The van der Waals surface area contributed by atoms with Crippen molar-refractivity contribution < 1.29 is 44.7 Å². The molecule has 0 saturated heterocycles. The van der Waals surface area contributed by atoms with Gasteiger partial charge < -0.3 is 9.79 Å². The van der Waals surface area contributed by atoms with Gasteiger partial charge >= 0.3 is 19.0 Å². The van der Waals surface area contributed by atoms with Gasteiger partial charge in [0.25, 0.3) is 10.0 Å². The maximum absolute atomic E-state index is 12.9. The Balaban J connectivity index is 5.11. The fourth-order valence-electron chi connectivity index (χ4n) is 1.21. The largest absolute Gasteiger partial charge is 0.470 e. The molecule has 0 atom stereocenters. The van der Waals surface area contributed by atoms with Crippen molar-refractivity contribution in [2.75, 3.05) is 19.3 Å². The highest BCUT2D eigenvalue weighted by atomic mass is 32.2. The van der Waals surface area contributed by atoms with Gasteiger partial charge in [-0.05, 0) is 6.42 Å². The van der Waals surface area contributed by atoms with Crippen molar-refractivity contribution >= 4 is 17.6 Å². The first-order chi connectivity index (χ1) is 8.67. The van der Waals surface area contributed by atoms with Crippen molar-refractivity contribution in [3.8, 4) is 0 Å². The van der Waals surface area contributed by atoms with E-state index < -0.39 is 54.7 Å². The molecule has 0 rings (SSSR count). The molecule has 0 saturated carbocycles. The van der Waals surface area contributed by atoms with Gasteiger partial charge in [-0.25, -0.2) is 8.42 Å². The second-order valence-corrected chi connectivity index (χ2v) is 7.51. The lowest BCUT2D eigenvalue weighted by molar-refractivity contribution is -0.242. The summed E-state index contributed by atoms with van der Waals surface area (Å²) in [7, 11) is -10.5. The lowest BCUT2D eigenvalue weighted by Crippen LogP contribution is -2.51. The van der Waals surface area contributed by atoms with Crippen molar-refractivity contribution in [2.24, 2.45) is 0 Å². The van der Waals surface area contributed by atoms with Gasteiger partial charge in [0, 0.05) is 13.1 Å². The molecule has 0 radical (unpaired) electrons. The van der Waals surface area contributed by atoms with Crippen LogP contribution in [-0.2, 0) is 14.6 Å². The van der Waals surface area contributed by atoms with Crippen LogP contribution in [0.3, 0.4) is 0 Å². The molecule has 0 bridgehead atoms. The normalized spacial score (nSPS) is 14.8. The molecule has 0 fully saturated rings. The third-order valence-corrected chi connectivity index (χ3v) is 5.10. The van der Waals surface area contributed by atoms with E-state index in [4.69, 9.17) is 9.79 Å². The molecule has 0 aromatic rings. The van der Waals surface area contributed by atoms with Crippen LogP contribution in [0.1, 0.15) is 13.3 Å². The lowest BCUT2D eigenvalue weighted by atomic mass is 10.5. The van der Waals surface area contributed by atoms with Gasteiger partial charge in [-0.3, -0.25) is 4.57 Å². The Hall–Kier alpha value is -0.290. The molecule has 0 aliphatic heterocycles. The molecule has 0 heterocycles. The van der Waals surface area contributed by atoms with E-state index in [9.17, 15) is 34.9 Å². The topological polar surface area (TPSA) is 94.9 Å². The number of rotatable bonds is 7. The van der Waals surface area contributed by atoms with E-state index in [1.54, 1.807) is 0 Å². The molecule has 0 unspecified atom stereocenters. The van der Waals surface area contributed by atoms with E-state index in [1.165, 1.54) is 0 Å². The van der Waals surface area contributed by atoms with Crippen LogP contribution in [0.4, 0.5) is 22.0 Å². The van der Waals surface area contributed by atoms with Crippen LogP contribution in [0.2, 0.25) is 0 Å². The zero-order chi connectivity index (χ0) is 16.4. The summed E-state index contributed by atoms with van der Waals surface area (Å²) in [5.41, 5.74) is 0. The minimum atomic E-state index is -6.28. The van der Waals surface area contributed by atoms with Gasteiger partial charge in [-0.15, -0.1) is 0 Å². The molecule has 0 aromatic heterocycles. The van der Waals surface area contributed by atoms with Gasteiger partial charge in [0.15, 0.2) is 0 Å². The van der Waals surface area contributed by atoms with Crippen molar-refractivity contribution in [1.82, 2.24) is 4.31 Å². The first kappa shape index (κ1) is 19.7. The molecular formula is C7H13F5NO5PS. The molecule has 0 aliphatic carbocycles. The Morgan fingerprint density at radius 3 is 1.90 bits per heavy atom. The quantitative estimate of drug-likeness (QED) is 0.535. The summed E-state index contributed by atoms with van der Waals surface area (Å²) < 4.78 is 94.8. The summed E-state index contributed by atoms with van der Waals surface area (Å²) in [5, 5.41) is -5.96. The third kappa shape index (κ3) is 4.62. The van der Waals surface area contributed by atoms with Crippen molar-refractivity contribution in [3.63, 3.8) is 0 Å². The average molecular weight is 349 g/mol.